The van der Waals surface area contributed by atoms with Gasteiger partial charge >= 0.3 is 5.97 Å². The lowest BCUT2D eigenvalue weighted by Gasteiger charge is -2.36. The quantitative estimate of drug-likeness (QED) is 0.772. The monoisotopic (exact) mass is 300 g/mol. The van der Waals surface area contributed by atoms with Crippen LogP contribution >= 0.6 is 0 Å². The Morgan fingerprint density at radius 3 is 2.33 bits per heavy atom. The number of rotatable bonds is 8. The molecule has 0 heterocycles. The topological polar surface area (TPSA) is 52.6 Å². The molecule has 1 aromatic rings. The normalized spacial score (nSPS) is 14.7. The summed E-state index contributed by atoms with van der Waals surface area (Å²) in [5, 5.41) is 12.8. The van der Waals surface area contributed by atoms with Crippen molar-refractivity contribution in [2.75, 3.05) is 20.1 Å². The number of alkyl halides is 2. The zero-order valence-electron chi connectivity index (χ0n) is 12.5. The predicted molar refractivity (Wildman–Crippen MR) is 77.5 cm³/mol. The van der Waals surface area contributed by atoms with Crippen molar-refractivity contribution in [3.8, 4) is 0 Å². The van der Waals surface area contributed by atoms with E-state index in [0.29, 0.717) is 5.56 Å². The number of hydrogen-bond donors (Lipinski definition) is 2. The number of carboxylic acid groups (broad SMARTS) is 1. The molecule has 0 saturated carbocycles. The third-order valence-electron chi connectivity index (χ3n) is 3.12. The predicted octanol–water partition coefficient (Wildman–Crippen LogP) is 2.16. The molecule has 0 aliphatic rings. The first-order valence-electron chi connectivity index (χ1n) is 6.81. The van der Waals surface area contributed by atoms with Gasteiger partial charge in [0.25, 0.3) is 6.43 Å². The molecule has 4 nitrogen and oxygen atoms in total. The van der Waals surface area contributed by atoms with Crippen LogP contribution in [0.2, 0.25) is 0 Å². The fourth-order valence-corrected chi connectivity index (χ4v) is 2.39. The van der Waals surface area contributed by atoms with Crippen LogP contribution in [0.4, 0.5) is 8.78 Å². The molecule has 0 aromatic heterocycles. The number of halogens is 2. The highest BCUT2D eigenvalue weighted by atomic mass is 19.3. The number of nitrogens with zero attached hydrogens (tertiary/aromatic N) is 1. The van der Waals surface area contributed by atoms with Crippen LogP contribution < -0.4 is 5.32 Å². The van der Waals surface area contributed by atoms with Crippen LogP contribution in [0, 0.1) is 0 Å². The highest BCUT2D eigenvalue weighted by molar-refractivity contribution is 5.81. The van der Waals surface area contributed by atoms with E-state index in [9.17, 15) is 18.7 Å². The number of hydrogen-bond acceptors (Lipinski definition) is 3. The maximum absolute atomic E-state index is 12.5. The van der Waals surface area contributed by atoms with Gasteiger partial charge in [0, 0.05) is 12.6 Å². The first-order valence-corrected chi connectivity index (χ1v) is 6.81. The van der Waals surface area contributed by atoms with Crippen molar-refractivity contribution < 1.29 is 18.7 Å². The van der Waals surface area contributed by atoms with Gasteiger partial charge in [-0.05, 0) is 26.5 Å². The maximum atomic E-state index is 12.5. The van der Waals surface area contributed by atoms with E-state index >= 15 is 0 Å². The summed E-state index contributed by atoms with van der Waals surface area (Å²) in [6.07, 6.45) is -2.50. The van der Waals surface area contributed by atoms with Gasteiger partial charge in [0.15, 0.2) is 5.54 Å². The first-order chi connectivity index (χ1) is 9.78. The molecule has 6 heteroatoms. The zero-order valence-corrected chi connectivity index (χ0v) is 12.5. The van der Waals surface area contributed by atoms with E-state index in [0.717, 1.165) is 0 Å². The van der Waals surface area contributed by atoms with E-state index in [1.54, 1.807) is 30.3 Å². The molecule has 0 spiro atoms. The van der Waals surface area contributed by atoms with Crippen LogP contribution in [-0.4, -0.2) is 48.6 Å². The molecule has 21 heavy (non-hydrogen) atoms. The summed E-state index contributed by atoms with van der Waals surface area (Å²) in [5.74, 6) is -1.08. The van der Waals surface area contributed by atoms with Crippen LogP contribution in [0.5, 0.6) is 0 Å². The fourth-order valence-electron chi connectivity index (χ4n) is 2.39. The Kier molecular flexibility index (Phi) is 6.23. The standard InChI is InChI=1S/C15H22F2N2O2/c1-11(2)18-15(14(20)21,10-19(3)9-13(16)17)12-7-5-4-6-8-12/h4-8,11,13,18H,9-10H2,1-3H3,(H,20,21). The SMILES string of the molecule is CC(C)NC(CN(C)CC(F)F)(C(=O)O)c1ccccc1. The van der Waals surface area contributed by atoms with E-state index in [4.69, 9.17) is 0 Å². The summed E-state index contributed by atoms with van der Waals surface area (Å²) in [6.45, 7) is 3.14. The maximum Gasteiger partial charge on any atom is 0.329 e. The fraction of sp³-hybridized carbons (Fsp3) is 0.533. The number of nitrogens with one attached hydrogen (secondary N) is 1. The molecule has 0 radical (unpaired) electrons. The van der Waals surface area contributed by atoms with E-state index in [2.05, 4.69) is 5.32 Å². The minimum absolute atomic E-state index is 0.0468. The van der Waals surface area contributed by atoms with E-state index in [1.807, 2.05) is 13.8 Å². The molecular weight excluding hydrogens is 278 g/mol. The molecule has 0 saturated heterocycles. The van der Waals surface area contributed by atoms with Crippen molar-refractivity contribution in [1.29, 1.82) is 0 Å². The number of aliphatic carboxylic acids is 1. The third kappa shape index (κ3) is 4.75. The lowest BCUT2D eigenvalue weighted by molar-refractivity contribution is -0.147. The average Bonchev–Trinajstić information content (AvgIpc) is 2.37. The average molecular weight is 300 g/mol. The zero-order chi connectivity index (χ0) is 16.0. The molecule has 0 amide bonds. The van der Waals surface area contributed by atoms with Gasteiger partial charge in [0.05, 0.1) is 6.54 Å². The van der Waals surface area contributed by atoms with E-state index in [1.165, 1.54) is 11.9 Å². The molecule has 0 aliphatic heterocycles. The Morgan fingerprint density at radius 1 is 1.33 bits per heavy atom. The summed E-state index contributed by atoms with van der Waals surface area (Å²) < 4.78 is 25.0. The van der Waals surface area contributed by atoms with Crippen LogP contribution in [0.15, 0.2) is 30.3 Å². The van der Waals surface area contributed by atoms with Crippen molar-refractivity contribution in [2.45, 2.75) is 31.9 Å². The Balaban J connectivity index is 3.16. The second kappa shape index (κ2) is 7.47. The number of likely N-dealkylation sites (N-methyl/N-ethyl adjacent to an activating group) is 1. The number of benzene rings is 1. The van der Waals surface area contributed by atoms with E-state index < -0.39 is 24.5 Å². The van der Waals surface area contributed by atoms with Gasteiger partial charge in [-0.1, -0.05) is 30.3 Å². The summed E-state index contributed by atoms with van der Waals surface area (Å²) in [4.78, 5) is 13.2. The molecule has 1 atom stereocenters. The first kappa shape index (κ1) is 17.5. The van der Waals surface area contributed by atoms with Gasteiger partial charge < -0.3 is 5.11 Å². The number of carboxylic acids is 1. The molecule has 2 N–H and O–H groups in total. The highest BCUT2D eigenvalue weighted by Crippen LogP contribution is 2.24. The van der Waals surface area contributed by atoms with Gasteiger partial charge in [0.1, 0.15) is 0 Å². The second-order valence-electron chi connectivity index (χ2n) is 5.46. The minimum Gasteiger partial charge on any atom is -0.480 e. The summed E-state index contributed by atoms with van der Waals surface area (Å²) in [7, 11) is 1.49. The summed E-state index contributed by atoms with van der Waals surface area (Å²) in [6, 6.07) is 8.54. The van der Waals surface area contributed by atoms with Gasteiger partial charge in [-0.15, -0.1) is 0 Å². The highest BCUT2D eigenvalue weighted by Gasteiger charge is 2.42. The summed E-state index contributed by atoms with van der Waals surface area (Å²) in [5.41, 5.74) is -0.869. The number of carbonyl (C=O) groups is 1. The lowest BCUT2D eigenvalue weighted by atomic mass is 9.88. The molecule has 0 aliphatic carbocycles. The summed E-state index contributed by atoms with van der Waals surface area (Å²) >= 11 is 0. The molecule has 1 unspecified atom stereocenters. The van der Waals surface area contributed by atoms with Crippen LogP contribution in [-0.2, 0) is 10.3 Å². The van der Waals surface area contributed by atoms with Crippen molar-refractivity contribution in [3.63, 3.8) is 0 Å². The van der Waals surface area contributed by atoms with Gasteiger partial charge in [0.2, 0.25) is 0 Å². The van der Waals surface area contributed by atoms with Crippen molar-refractivity contribution in [2.24, 2.45) is 0 Å². The molecular formula is C15H22F2N2O2. The molecule has 1 aromatic carbocycles. The lowest BCUT2D eigenvalue weighted by Crippen LogP contribution is -2.58. The Morgan fingerprint density at radius 2 is 1.90 bits per heavy atom. The van der Waals surface area contributed by atoms with Crippen LogP contribution in [0.1, 0.15) is 19.4 Å². The molecule has 1 rings (SSSR count). The Labute approximate surface area is 123 Å². The third-order valence-corrected chi connectivity index (χ3v) is 3.12. The molecule has 118 valence electrons. The van der Waals surface area contributed by atoms with Gasteiger partial charge in [-0.2, -0.15) is 0 Å². The van der Waals surface area contributed by atoms with Crippen molar-refractivity contribution >= 4 is 5.97 Å². The molecule has 0 fully saturated rings. The Hall–Kier alpha value is -1.53. The second-order valence-corrected chi connectivity index (χ2v) is 5.46. The Bertz CT molecular complexity index is 454. The molecule has 0 bridgehead atoms. The van der Waals surface area contributed by atoms with Crippen LogP contribution in [0.3, 0.4) is 0 Å². The van der Waals surface area contributed by atoms with Crippen molar-refractivity contribution in [1.82, 2.24) is 10.2 Å². The van der Waals surface area contributed by atoms with Gasteiger partial charge in [-0.3, -0.25) is 10.2 Å². The van der Waals surface area contributed by atoms with Crippen molar-refractivity contribution in [3.05, 3.63) is 35.9 Å². The minimum atomic E-state index is -2.50. The van der Waals surface area contributed by atoms with E-state index in [-0.39, 0.29) is 12.6 Å². The van der Waals surface area contributed by atoms with Crippen LogP contribution in [0.25, 0.3) is 0 Å². The largest absolute Gasteiger partial charge is 0.480 e. The van der Waals surface area contributed by atoms with Gasteiger partial charge in [-0.25, -0.2) is 13.6 Å². The smallest absolute Gasteiger partial charge is 0.329 e.